The van der Waals surface area contributed by atoms with Gasteiger partial charge >= 0.3 is 0 Å². The van der Waals surface area contributed by atoms with Crippen LogP contribution in [0, 0.1) is 0 Å². The number of nitrogens with zero attached hydrogens (tertiary/aromatic N) is 1. The lowest BCUT2D eigenvalue weighted by Gasteiger charge is -2.07. The first-order chi connectivity index (χ1) is 5.34. The van der Waals surface area contributed by atoms with Crippen molar-refractivity contribution in [3.8, 4) is 0 Å². The van der Waals surface area contributed by atoms with Crippen LogP contribution in [0.25, 0.3) is 0 Å². The van der Waals surface area contributed by atoms with Gasteiger partial charge in [-0.15, -0.1) is 0 Å². The maximum absolute atomic E-state index is 9.43. The van der Waals surface area contributed by atoms with E-state index >= 15 is 0 Å². The van der Waals surface area contributed by atoms with Crippen molar-refractivity contribution in [3.63, 3.8) is 0 Å². The number of hydrogen-bond donors (Lipinski definition) is 1. The van der Waals surface area contributed by atoms with E-state index in [1.165, 1.54) is 0 Å². The van der Waals surface area contributed by atoms with Crippen LogP contribution in [0.15, 0.2) is 30.3 Å². The maximum Gasteiger partial charge on any atom is 0.0930 e. The summed E-state index contributed by atoms with van der Waals surface area (Å²) < 4.78 is 0. The van der Waals surface area contributed by atoms with Crippen molar-refractivity contribution in [2.75, 3.05) is 13.6 Å². The molecule has 0 amide bonds. The van der Waals surface area contributed by atoms with Gasteiger partial charge in [0.05, 0.1) is 6.10 Å². The number of benzene rings is 1. The highest BCUT2D eigenvalue weighted by molar-refractivity contribution is 5.17. The Hall–Kier alpha value is -0.860. The van der Waals surface area contributed by atoms with E-state index < -0.39 is 6.10 Å². The second-order valence-corrected chi connectivity index (χ2v) is 2.43. The normalized spacial score (nSPS) is 12.9. The van der Waals surface area contributed by atoms with Crippen LogP contribution < -0.4 is 5.32 Å². The predicted octanol–water partition coefficient (Wildman–Crippen LogP) is 0.954. The number of aliphatic hydroxyl groups is 1. The van der Waals surface area contributed by atoms with Gasteiger partial charge < -0.3 is 5.11 Å². The predicted molar refractivity (Wildman–Crippen MR) is 44.3 cm³/mol. The van der Waals surface area contributed by atoms with Crippen molar-refractivity contribution >= 4 is 0 Å². The molecule has 0 heterocycles. The summed E-state index contributed by atoms with van der Waals surface area (Å²) in [5.41, 5.74) is 0.929. The second kappa shape index (κ2) is 4.11. The quantitative estimate of drug-likeness (QED) is 0.684. The van der Waals surface area contributed by atoms with Crippen molar-refractivity contribution in [2.45, 2.75) is 6.10 Å². The summed E-state index contributed by atoms with van der Waals surface area (Å²) in [6.45, 7) is 0.476. The second-order valence-electron chi connectivity index (χ2n) is 2.43. The lowest BCUT2D eigenvalue weighted by atomic mass is 10.1. The van der Waals surface area contributed by atoms with Gasteiger partial charge in [-0.3, -0.25) is 0 Å². The number of likely N-dealkylation sites (N-methyl/N-ethyl adjacent to an activating group) is 1. The molecule has 0 fully saturated rings. The minimum atomic E-state index is -0.443. The topological polar surface area (TPSA) is 34.3 Å². The summed E-state index contributed by atoms with van der Waals surface area (Å²) in [5, 5.41) is 13.3. The molecule has 0 aliphatic rings. The average molecular weight is 150 g/mol. The van der Waals surface area contributed by atoms with Gasteiger partial charge in [-0.25, -0.2) is 5.32 Å². The molecule has 0 aliphatic carbocycles. The molecule has 0 aliphatic heterocycles. The van der Waals surface area contributed by atoms with Gasteiger partial charge in [0.25, 0.3) is 0 Å². The Morgan fingerprint density at radius 3 is 2.55 bits per heavy atom. The van der Waals surface area contributed by atoms with Gasteiger partial charge in [-0.1, -0.05) is 30.3 Å². The molecule has 59 valence electrons. The molecule has 1 aromatic rings. The fraction of sp³-hybridized carbons (Fsp3) is 0.333. The van der Waals surface area contributed by atoms with Gasteiger partial charge in [0.1, 0.15) is 0 Å². The molecule has 0 bridgehead atoms. The molecule has 1 unspecified atom stereocenters. The van der Waals surface area contributed by atoms with Gasteiger partial charge in [0.15, 0.2) is 0 Å². The minimum absolute atomic E-state index is 0.443. The molecule has 1 N–H and O–H groups in total. The van der Waals surface area contributed by atoms with Crippen LogP contribution in [0.2, 0.25) is 0 Å². The Labute approximate surface area is 66.9 Å². The van der Waals surface area contributed by atoms with Crippen LogP contribution in [0.1, 0.15) is 11.7 Å². The molecule has 0 aromatic heterocycles. The number of rotatable bonds is 3. The monoisotopic (exact) mass is 150 g/mol. The molecule has 11 heavy (non-hydrogen) atoms. The number of aliphatic hydroxyl groups excluding tert-OH is 1. The van der Waals surface area contributed by atoms with Crippen LogP contribution in [0.5, 0.6) is 0 Å². The lowest BCUT2D eigenvalue weighted by molar-refractivity contribution is 0.177. The van der Waals surface area contributed by atoms with Crippen LogP contribution in [0.4, 0.5) is 0 Å². The molecule has 0 saturated heterocycles. The fourth-order valence-corrected chi connectivity index (χ4v) is 0.954. The molecular weight excluding hydrogens is 138 g/mol. The summed E-state index contributed by atoms with van der Waals surface area (Å²) in [6.07, 6.45) is -0.443. The van der Waals surface area contributed by atoms with Gasteiger partial charge in [0.2, 0.25) is 0 Å². The van der Waals surface area contributed by atoms with E-state index in [0.717, 1.165) is 5.56 Å². The zero-order valence-electron chi connectivity index (χ0n) is 6.57. The molecule has 0 spiro atoms. The summed E-state index contributed by atoms with van der Waals surface area (Å²) in [4.78, 5) is 0. The Kier molecular flexibility index (Phi) is 3.08. The summed E-state index contributed by atoms with van der Waals surface area (Å²) in [5.74, 6) is 0. The highest BCUT2D eigenvalue weighted by Gasteiger charge is 2.03. The van der Waals surface area contributed by atoms with Gasteiger partial charge in [-0.2, -0.15) is 0 Å². The van der Waals surface area contributed by atoms with E-state index in [1.807, 2.05) is 30.3 Å². The largest absolute Gasteiger partial charge is 0.387 e. The summed E-state index contributed by atoms with van der Waals surface area (Å²) in [6, 6.07) is 9.55. The molecule has 0 saturated carbocycles. The third-order valence-corrected chi connectivity index (χ3v) is 1.54. The lowest BCUT2D eigenvalue weighted by Crippen LogP contribution is -2.10. The van der Waals surface area contributed by atoms with Crippen molar-refractivity contribution in [1.29, 1.82) is 0 Å². The molecule has 1 radical (unpaired) electrons. The zero-order valence-corrected chi connectivity index (χ0v) is 6.57. The molecule has 2 nitrogen and oxygen atoms in total. The molecule has 2 heteroatoms. The third-order valence-electron chi connectivity index (χ3n) is 1.54. The molecular formula is C9H12NO. The highest BCUT2D eigenvalue weighted by Crippen LogP contribution is 2.10. The van der Waals surface area contributed by atoms with Crippen molar-refractivity contribution in [1.82, 2.24) is 5.32 Å². The van der Waals surface area contributed by atoms with E-state index in [0.29, 0.717) is 6.54 Å². The van der Waals surface area contributed by atoms with E-state index in [4.69, 9.17) is 0 Å². The molecule has 1 aromatic carbocycles. The van der Waals surface area contributed by atoms with Crippen molar-refractivity contribution < 1.29 is 5.11 Å². The van der Waals surface area contributed by atoms with Crippen LogP contribution in [-0.4, -0.2) is 18.7 Å². The average Bonchev–Trinajstić information content (AvgIpc) is 2.07. The molecule has 1 atom stereocenters. The van der Waals surface area contributed by atoms with Gasteiger partial charge in [-0.05, 0) is 5.56 Å². The zero-order chi connectivity index (χ0) is 8.10. The SMILES string of the molecule is C[N]CC(O)c1ccccc1. The molecule has 1 rings (SSSR count). The Bertz CT molecular complexity index is 198. The standard InChI is InChI=1S/C9H12NO/c1-10-7-9(11)8-5-3-2-4-6-8/h2-6,9,11H,7H2,1H3. The highest BCUT2D eigenvalue weighted by atomic mass is 16.3. The van der Waals surface area contributed by atoms with E-state index in [-0.39, 0.29) is 0 Å². The van der Waals surface area contributed by atoms with E-state index in [2.05, 4.69) is 5.32 Å². The van der Waals surface area contributed by atoms with Crippen molar-refractivity contribution in [3.05, 3.63) is 35.9 Å². The summed E-state index contributed by atoms with van der Waals surface area (Å²) >= 11 is 0. The van der Waals surface area contributed by atoms with Crippen LogP contribution >= 0.6 is 0 Å². The first-order valence-corrected chi connectivity index (χ1v) is 3.63. The van der Waals surface area contributed by atoms with E-state index in [9.17, 15) is 5.11 Å². The Balaban J connectivity index is 2.61. The van der Waals surface area contributed by atoms with E-state index in [1.54, 1.807) is 7.05 Å². The summed E-state index contributed by atoms with van der Waals surface area (Å²) in [7, 11) is 1.70. The van der Waals surface area contributed by atoms with Crippen LogP contribution in [0.3, 0.4) is 0 Å². The first kappa shape index (κ1) is 8.24. The first-order valence-electron chi connectivity index (χ1n) is 3.63. The maximum atomic E-state index is 9.43. The number of hydrogen-bond acceptors (Lipinski definition) is 1. The van der Waals surface area contributed by atoms with Gasteiger partial charge in [0, 0.05) is 13.6 Å². The third kappa shape index (κ3) is 2.33. The minimum Gasteiger partial charge on any atom is -0.387 e. The Morgan fingerprint density at radius 2 is 2.00 bits per heavy atom. The fourth-order valence-electron chi connectivity index (χ4n) is 0.954. The smallest absolute Gasteiger partial charge is 0.0930 e. The van der Waals surface area contributed by atoms with Crippen LogP contribution in [-0.2, 0) is 0 Å². The van der Waals surface area contributed by atoms with Crippen molar-refractivity contribution in [2.24, 2.45) is 0 Å². The Morgan fingerprint density at radius 1 is 1.36 bits per heavy atom.